The Morgan fingerprint density at radius 2 is 1.83 bits per heavy atom. The molecule has 0 radical (unpaired) electrons. The van der Waals surface area contributed by atoms with Gasteiger partial charge in [-0.2, -0.15) is 0 Å². The van der Waals surface area contributed by atoms with Crippen molar-refractivity contribution in [3.63, 3.8) is 0 Å². The van der Waals surface area contributed by atoms with Crippen LogP contribution < -0.4 is 10.6 Å². The molecule has 116 valence electrons. The molecule has 0 saturated heterocycles. The number of rotatable bonds is 4. The number of carbonyl (C=O) groups is 1. The monoisotopic (exact) mass is 307 g/mol. The lowest BCUT2D eigenvalue weighted by atomic mass is 10.1. The molecule has 1 aromatic carbocycles. The Morgan fingerprint density at radius 3 is 2.43 bits per heavy atom. The van der Waals surface area contributed by atoms with Gasteiger partial charge in [-0.3, -0.25) is 4.79 Å². The molecule has 0 unspecified atom stereocenters. The molecule has 0 aliphatic rings. The molecule has 0 aliphatic carbocycles. The molecule has 5 nitrogen and oxygen atoms in total. The van der Waals surface area contributed by atoms with Crippen molar-refractivity contribution in [2.75, 3.05) is 10.6 Å². The highest BCUT2D eigenvalue weighted by molar-refractivity contribution is 6.01. The van der Waals surface area contributed by atoms with Gasteiger partial charge in [0.15, 0.2) is 5.76 Å². The Kier molecular flexibility index (Phi) is 4.10. The first-order chi connectivity index (χ1) is 11.1. The van der Waals surface area contributed by atoms with Gasteiger partial charge in [0.1, 0.15) is 5.82 Å². The third-order valence-electron chi connectivity index (χ3n) is 3.50. The maximum Gasteiger partial charge on any atom is 0.292 e. The third-order valence-corrected chi connectivity index (χ3v) is 3.50. The van der Waals surface area contributed by atoms with Gasteiger partial charge in [-0.15, -0.1) is 0 Å². The highest BCUT2D eigenvalue weighted by atomic mass is 16.3. The Labute approximate surface area is 134 Å². The number of furan rings is 1. The highest BCUT2D eigenvalue weighted by Gasteiger charge is 2.09. The first-order valence-electron chi connectivity index (χ1n) is 7.27. The minimum atomic E-state index is -0.321. The predicted molar refractivity (Wildman–Crippen MR) is 90.1 cm³/mol. The van der Waals surface area contributed by atoms with Gasteiger partial charge >= 0.3 is 0 Å². The van der Waals surface area contributed by atoms with Gasteiger partial charge in [0.05, 0.1) is 18.1 Å². The van der Waals surface area contributed by atoms with Crippen molar-refractivity contribution in [3.05, 3.63) is 71.8 Å². The topological polar surface area (TPSA) is 67.2 Å². The summed E-state index contributed by atoms with van der Waals surface area (Å²) in [5, 5.41) is 6.04. The Morgan fingerprint density at radius 1 is 1.04 bits per heavy atom. The van der Waals surface area contributed by atoms with Gasteiger partial charge in [0.2, 0.25) is 0 Å². The maximum absolute atomic E-state index is 11.9. The number of benzene rings is 1. The van der Waals surface area contributed by atoms with E-state index in [1.54, 1.807) is 24.4 Å². The highest BCUT2D eigenvalue weighted by Crippen LogP contribution is 2.24. The van der Waals surface area contributed by atoms with Crippen LogP contribution in [-0.2, 0) is 0 Å². The molecule has 23 heavy (non-hydrogen) atoms. The van der Waals surface area contributed by atoms with E-state index in [9.17, 15) is 4.79 Å². The number of aryl methyl sites for hydroxylation is 2. The number of anilines is 3. The van der Waals surface area contributed by atoms with Crippen molar-refractivity contribution in [2.24, 2.45) is 0 Å². The molecule has 0 atom stereocenters. The number of hydrogen-bond donors (Lipinski definition) is 2. The van der Waals surface area contributed by atoms with E-state index in [0.29, 0.717) is 5.82 Å². The van der Waals surface area contributed by atoms with E-state index in [2.05, 4.69) is 41.6 Å². The molecular formula is C18H17N3O2. The summed E-state index contributed by atoms with van der Waals surface area (Å²) in [5.74, 6) is 0.404. The molecule has 3 aromatic rings. The van der Waals surface area contributed by atoms with E-state index in [1.165, 1.54) is 17.4 Å². The van der Waals surface area contributed by atoms with Crippen LogP contribution >= 0.6 is 0 Å². The molecule has 2 aromatic heterocycles. The molecule has 5 heteroatoms. The average Bonchev–Trinajstić information content (AvgIpc) is 3.07. The van der Waals surface area contributed by atoms with Crippen molar-refractivity contribution >= 4 is 23.1 Å². The molecule has 0 saturated carbocycles. The van der Waals surface area contributed by atoms with Crippen LogP contribution in [0.4, 0.5) is 17.2 Å². The second kappa shape index (κ2) is 6.36. The summed E-state index contributed by atoms with van der Waals surface area (Å²) in [6, 6.07) is 13.0. The zero-order valence-electron chi connectivity index (χ0n) is 13.0. The van der Waals surface area contributed by atoms with Crippen LogP contribution in [0, 0.1) is 13.8 Å². The summed E-state index contributed by atoms with van der Waals surface area (Å²) in [6.45, 7) is 4.11. The molecule has 1 amide bonds. The van der Waals surface area contributed by atoms with Crippen molar-refractivity contribution in [3.8, 4) is 0 Å². The van der Waals surface area contributed by atoms with E-state index in [1.807, 2.05) is 12.1 Å². The third kappa shape index (κ3) is 3.40. The van der Waals surface area contributed by atoms with Gasteiger partial charge in [-0.1, -0.05) is 18.2 Å². The number of nitrogens with zero attached hydrogens (tertiary/aromatic N) is 1. The zero-order chi connectivity index (χ0) is 16.2. The lowest BCUT2D eigenvalue weighted by Gasteiger charge is -2.12. The quantitative estimate of drug-likeness (QED) is 0.754. The van der Waals surface area contributed by atoms with Crippen LogP contribution in [0.2, 0.25) is 0 Å². The number of aromatic nitrogens is 1. The molecule has 0 spiro atoms. The fraction of sp³-hybridized carbons (Fsp3) is 0.111. The molecule has 3 rings (SSSR count). The Hall–Kier alpha value is -3.08. The van der Waals surface area contributed by atoms with E-state index >= 15 is 0 Å². The van der Waals surface area contributed by atoms with Crippen LogP contribution in [0.1, 0.15) is 21.7 Å². The summed E-state index contributed by atoms with van der Waals surface area (Å²) in [5.41, 5.74) is 4.26. The first kappa shape index (κ1) is 14.8. The van der Waals surface area contributed by atoms with Crippen LogP contribution in [0.3, 0.4) is 0 Å². The maximum atomic E-state index is 11.9. The van der Waals surface area contributed by atoms with Crippen molar-refractivity contribution in [1.29, 1.82) is 0 Å². The molecule has 0 fully saturated rings. The summed E-state index contributed by atoms with van der Waals surface area (Å²) in [6.07, 6.45) is 3.14. The Bertz CT molecular complexity index is 789. The van der Waals surface area contributed by atoms with Crippen LogP contribution in [0.5, 0.6) is 0 Å². The van der Waals surface area contributed by atoms with Gasteiger partial charge in [-0.05, 0) is 49.2 Å². The molecule has 2 heterocycles. The SMILES string of the molecule is Cc1cccc(C)c1Nc1ccc(NC(=O)c2ccco2)nc1. The lowest BCUT2D eigenvalue weighted by Crippen LogP contribution is -2.11. The molecule has 2 N–H and O–H groups in total. The average molecular weight is 307 g/mol. The predicted octanol–water partition coefficient (Wildman–Crippen LogP) is 4.29. The summed E-state index contributed by atoms with van der Waals surface area (Å²) in [7, 11) is 0. The van der Waals surface area contributed by atoms with Crippen LogP contribution in [0.25, 0.3) is 0 Å². The second-order valence-electron chi connectivity index (χ2n) is 5.26. The van der Waals surface area contributed by atoms with Gasteiger partial charge < -0.3 is 15.1 Å². The van der Waals surface area contributed by atoms with E-state index < -0.39 is 0 Å². The summed E-state index contributed by atoms with van der Waals surface area (Å²) in [4.78, 5) is 16.1. The van der Waals surface area contributed by atoms with Crippen molar-refractivity contribution in [1.82, 2.24) is 4.98 Å². The lowest BCUT2D eigenvalue weighted by molar-refractivity contribution is 0.0996. The number of para-hydroxylation sites is 1. The van der Waals surface area contributed by atoms with Crippen LogP contribution in [0.15, 0.2) is 59.3 Å². The largest absolute Gasteiger partial charge is 0.459 e. The first-order valence-corrected chi connectivity index (χ1v) is 7.27. The van der Waals surface area contributed by atoms with E-state index in [0.717, 1.165) is 11.4 Å². The van der Waals surface area contributed by atoms with Gasteiger partial charge in [0, 0.05) is 5.69 Å². The van der Waals surface area contributed by atoms with Gasteiger partial charge in [0.25, 0.3) is 5.91 Å². The molecule has 0 bridgehead atoms. The number of carbonyl (C=O) groups excluding carboxylic acids is 1. The standard InChI is InChI=1S/C18H17N3O2/c1-12-5-3-6-13(2)17(12)20-14-8-9-16(19-11-14)21-18(22)15-7-4-10-23-15/h3-11,20H,1-2H3,(H,19,21,22). The minimum Gasteiger partial charge on any atom is -0.459 e. The van der Waals surface area contributed by atoms with Crippen molar-refractivity contribution < 1.29 is 9.21 Å². The normalized spacial score (nSPS) is 10.3. The van der Waals surface area contributed by atoms with E-state index in [-0.39, 0.29) is 11.7 Å². The second-order valence-corrected chi connectivity index (χ2v) is 5.26. The van der Waals surface area contributed by atoms with Gasteiger partial charge in [-0.25, -0.2) is 4.98 Å². The van der Waals surface area contributed by atoms with Crippen LogP contribution in [-0.4, -0.2) is 10.9 Å². The fourth-order valence-corrected chi connectivity index (χ4v) is 2.28. The molecule has 0 aliphatic heterocycles. The summed E-state index contributed by atoms with van der Waals surface area (Å²) >= 11 is 0. The minimum absolute atomic E-state index is 0.254. The number of nitrogens with one attached hydrogen (secondary N) is 2. The number of amides is 1. The smallest absolute Gasteiger partial charge is 0.292 e. The number of pyridine rings is 1. The Balaban J connectivity index is 1.71. The zero-order valence-corrected chi connectivity index (χ0v) is 13.0. The van der Waals surface area contributed by atoms with Crippen molar-refractivity contribution in [2.45, 2.75) is 13.8 Å². The van der Waals surface area contributed by atoms with E-state index in [4.69, 9.17) is 4.42 Å². The molecular weight excluding hydrogens is 290 g/mol. The number of hydrogen-bond acceptors (Lipinski definition) is 4. The summed E-state index contributed by atoms with van der Waals surface area (Å²) < 4.78 is 5.04. The fourth-order valence-electron chi connectivity index (χ4n) is 2.28.